The van der Waals surface area contributed by atoms with E-state index in [9.17, 15) is 0 Å². The van der Waals surface area contributed by atoms with Crippen LogP contribution in [0.2, 0.25) is 0 Å². The van der Waals surface area contributed by atoms with E-state index in [-0.39, 0.29) is 12.6 Å². The molecule has 0 atom stereocenters. The van der Waals surface area contributed by atoms with Gasteiger partial charge < -0.3 is 15.0 Å². The van der Waals surface area contributed by atoms with E-state index in [0.717, 1.165) is 26.1 Å². The Morgan fingerprint density at radius 2 is 1.95 bits per heavy atom. The summed E-state index contributed by atoms with van der Waals surface area (Å²) in [6.07, 6.45) is 6.17. The molecule has 0 radical (unpaired) electrons. The van der Waals surface area contributed by atoms with Crippen molar-refractivity contribution >= 4 is 11.9 Å². The van der Waals surface area contributed by atoms with Crippen molar-refractivity contribution < 1.29 is 4.74 Å². The van der Waals surface area contributed by atoms with E-state index in [1.165, 1.54) is 0 Å². The Labute approximate surface area is 114 Å². The summed E-state index contributed by atoms with van der Waals surface area (Å²) in [5, 5.41) is 3.13. The third kappa shape index (κ3) is 4.62. The second-order valence-corrected chi connectivity index (χ2v) is 3.83. The van der Waals surface area contributed by atoms with E-state index in [4.69, 9.17) is 11.2 Å². The first kappa shape index (κ1) is 15.0. The molecule has 0 aliphatic rings. The average molecular weight is 263 g/mol. The lowest BCUT2D eigenvalue weighted by molar-refractivity contribution is 0.339. The second-order valence-electron chi connectivity index (χ2n) is 3.83. The van der Waals surface area contributed by atoms with Crippen molar-refractivity contribution in [2.45, 2.75) is 27.2 Å². The van der Waals surface area contributed by atoms with Gasteiger partial charge in [-0.05, 0) is 20.3 Å². The van der Waals surface area contributed by atoms with Crippen LogP contribution in [0.3, 0.4) is 0 Å². The summed E-state index contributed by atoms with van der Waals surface area (Å²) in [6.45, 7) is 8.77. The molecular formula is C13H21N5O. The number of anilines is 2. The van der Waals surface area contributed by atoms with Crippen molar-refractivity contribution in [3.05, 3.63) is 0 Å². The van der Waals surface area contributed by atoms with Crippen LogP contribution in [0.1, 0.15) is 27.2 Å². The Bertz CT molecular complexity index is 426. The van der Waals surface area contributed by atoms with Crippen LogP contribution in [-0.2, 0) is 0 Å². The zero-order valence-electron chi connectivity index (χ0n) is 11.8. The molecule has 6 nitrogen and oxygen atoms in total. The summed E-state index contributed by atoms with van der Waals surface area (Å²) >= 11 is 0. The number of hydrogen-bond donors (Lipinski definition) is 1. The zero-order valence-corrected chi connectivity index (χ0v) is 11.8. The van der Waals surface area contributed by atoms with Crippen molar-refractivity contribution in [1.82, 2.24) is 15.0 Å². The first-order valence-electron chi connectivity index (χ1n) is 6.56. The van der Waals surface area contributed by atoms with Gasteiger partial charge in [-0.3, -0.25) is 0 Å². The number of aromatic nitrogens is 3. The number of nitrogens with one attached hydrogen (secondary N) is 1. The van der Waals surface area contributed by atoms with Gasteiger partial charge in [-0.25, -0.2) is 0 Å². The summed E-state index contributed by atoms with van der Waals surface area (Å²) in [6, 6.07) is 0.258. The molecule has 0 saturated carbocycles. The van der Waals surface area contributed by atoms with Gasteiger partial charge in [0.15, 0.2) is 6.61 Å². The fraction of sp³-hybridized carbons (Fsp3) is 0.615. The van der Waals surface area contributed by atoms with Crippen LogP contribution in [0.5, 0.6) is 6.01 Å². The van der Waals surface area contributed by atoms with E-state index >= 15 is 0 Å². The Morgan fingerprint density at radius 3 is 2.53 bits per heavy atom. The number of ether oxygens (including phenoxy) is 1. The van der Waals surface area contributed by atoms with Crippen LogP contribution in [0.15, 0.2) is 0 Å². The molecule has 1 N–H and O–H groups in total. The van der Waals surface area contributed by atoms with Crippen LogP contribution in [0, 0.1) is 12.3 Å². The van der Waals surface area contributed by atoms with Crippen molar-refractivity contribution in [2.24, 2.45) is 0 Å². The predicted octanol–water partition coefficient (Wildman–Crippen LogP) is 1.55. The lowest BCUT2D eigenvalue weighted by Crippen LogP contribution is -2.25. The summed E-state index contributed by atoms with van der Waals surface area (Å²) in [7, 11) is 0. The minimum atomic E-state index is 0.148. The fourth-order valence-corrected chi connectivity index (χ4v) is 1.48. The van der Waals surface area contributed by atoms with Crippen LogP contribution in [0.4, 0.5) is 11.9 Å². The fourth-order valence-electron chi connectivity index (χ4n) is 1.48. The maximum absolute atomic E-state index is 5.29. The van der Waals surface area contributed by atoms with E-state index < -0.39 is 0 Å². The first-order valence-corrected chi connectivity index (χ1v) is 6.56. The predicted molar refractivity (Wildman–Crippen MR) is 76.5 cm³/mol. The number of rotatable bonds is 8. The molecule has 0 fully saturated rings. The maximum Gasteiger partial charge on any atom is 0.324 e. The van der Waals surface area contributed by atoms with Crippen molar-refractivity contribution in [1.29, 1.82) is 0 Å². The van der Waals surface area contributed by atoms with E-state index in [1.807, 2.05) is 4.90 Å². The van der Waals surface area contributed by atoms with Crippen LogP contribution in [0.25, 0.3) is 0 Å². The molecule has 0 aliphatic heterocycles. The number of nitrogens with zero attached hydrogens (tertiary/aromatic N) is 4. The lowest BCUT2D eigenvalue weighted by Gasteiger charge is -2.19. The molecule has 0 aliphatic carbocycles. The third-order valence-electron chi connectivity index (χ3n) is 2.47. The molecule has 0 aromatic carbocycles. The van der Waals surface area contributed by atoms with Gasteiger partial charge in [0.25, 0.3) is 0 Å². The number of hydrogen-bond acceptors (Lipinski definition) is 6. The highest BCUT2D eigenvalue weighted by Crippen LogP contribution is 2.14. The molecular weight excluding hydrogens is 242 g/mol. The first-order chi connectivity index (χ1) is 9.24. The molecule has 0 unspecified atom stereocenters. The third-order valence-corrected chi connectivity index (χ3v) is 2.47. The zero-order chi connectivity index (χ0) is 14.1. The largest absolute Gasteiger partial charge is 0.450 e. The van der Waals surface area contributed by atoms with Gasteiger partial charge >= 0.3 is 6.01 Å². The van der Waals surface area contributed by atoms with E-state index in [2.05, 4.69) is 47.0 Å². The smallest absolute Gasteiger partial charge is 0.324 e. The summed E-state index contributed by atoms with van der Waals surface area (Å²) < 4.78 is 5.29. The molecule has 1 heterocycles. The second kappa shape index (κ2) is 8.14. The van der Waals surface area contributed by atoms with Gasteiger partial charge in [-0.1, -0.05) is 12.8 Å². The Kier molecular flexibility index (Phi) is 6.44. The molecule has 0 amide bonds. The van der Waals surface area contributed by atoms with Gasteiger partial charge in [0.2, 0.25) is 11.9 Å². The highest BCUT2D eigenvalue weighted by Gasteiger charge is 2.11. The van der Waals surface area contributed by atoms with Gasteiger partial charge in [-0.15, -0.1) is 6.42 Å². The average Bonchev–Trinajstić information content (AvgIpc) is 2.44. The molecule has 6 heteroatoms. The van der Waals surface area contributed by atoms with Gasteiger partial charge in [-0.2, -0.15) is 15.0 Å². The van der Waals surface area contributed by atoms with E-state index in [0.29, 0.717) is 11.9 Å². The molecule has 19 heavy (non-hydrogen) atoms. The SMILES string of the molecule is C#CCOc1nc(NCCC)nc(N(CC)CC)n1. The quantitative estimate of drug-likeness (QED) is 0.718. The van der Waals surface area contributed by atoms with Crippen LogP contribution < -0.4 is 15.0 Å². The monoisotopic (exact) mass is 263 g/mol. The molecule has 1 rings (SSSR count). The molecule has 1 aromatic rings. The van der Waals surface area contributed by atoms with Gasteiger partial charge in [0.05, 0.1) is 0 Å². The molecule has 0 spiro atoms. The maximum atomic E-state index is 5.29. The molecule has 0 bridgehead atoms. The standard InChI is InChI=1S/C13H21N5O/c1-5-9-14-11-15-12(18(7-3)8-4)17-13(16-11)19-10-6-2/h2H,5,7-10H2,1,3-4H3,(H,14,15,16,17). The number of terminal acetylenes is 1. The van der Waals surface area contributed by atoms with E-state index in [1.54, 1.807) is 0 Å². The Morgan fingerprint density at radius 1 is 1.21 bits per heavy atom. The molecule has 1 aromatic heterocycles. The van der Waals surface area contributed by atoms with Crippen LogP contribution >= 0.6 is 0 Å². The highest BCUT2D eigenvalue weighted by atomic mass is 16.5. The minimum absolute atomic E-state index is 0.148. The Balaban J connectivity index is 2.97. The van der Waals surface area contributed by atoms with Crippen molar-refractivity contribution in [3.63, 3.8) is 0 Å². The van der Waals surface area contributed by atoms with Crippen LogP contribution in [-0.4, -0.2) is 41.2 Å². The minimum Gasteiger partial charge on any atom is -0.450 e. The molecule has 104 valence electrons. The van der Waals surface area contributed by atoms with Gasteiger partial charge in [0, 0.05) is 19.6 Å². The highest BCUT2D eigenvalue weighted by molar-refractivity contribution is 5.38. The summed E-state index contributed by atoms with van der Waals surface area (Å²) in [5.41, 5.74) is 0. The topological polar surface area (TPSA) is 63.2 Å². The summed E-state index contributed by atoms with van der Waals surface area (Å²) in [5.74, 6) is 3.52. The Hall–Kier alpha value is -2.03. The van der Waals surface area contributed by atoms with Crippen molar-refractivity contribution in [2.75, 3.05) is 36.5 Å². The van der Waals surface area contributed by atoms with Gasteiger partial charge in [0.1, 0.15) is 0 Å². The summed E-state index contributed by atoms with van der Waals surface area (Å²) in [4.78, 5) is 14.9. The normalized spacial score (nSPS) is 9.79. The lowest BCUT2D eigenvalue weighted by atomic mass is 10.5. The van der Waals surface area contributed by atoms with Crippen molar-refractivity contribution in [3.8, 4) is 18.4 Å². The molecule has 0 saturated heterocycles.